The van der Waals surface area contributed by atoms with Gasteiger partial charge in [0.05, 0.1) is 4.47 Å². The highest BCUT2D eigenvalue weighted by Crippen LogP contribution is 2.31. The molecule has 0 aromatic heterocycles. The van der Waals surface area contributed by atoms with Crippen molar-refractivity contribution in [2.45, 2.75) is 4.90 Å². The van der Waals surface area contributed by atoms with Gasteiger partial charge in [-0.05, 0) is 22.0 Å². The van der Waals surface area contributed by atoms with Crippen LogP contribution in [0.15, 0.2) is 21.5 Å². The van der Waals surface area contributed by atoms with E-state index in [0.29, 0.717) is 0 Å². The maximum Gasteiger partial charge on any atom is 0.264 e. The van der Waals surface area contributed by atoms with Crippen molar-refractivity contribution in [1.29, 1.82) is 0 Å². The molecule has 0 fully saturated rings. The van der Waals surface area contributed by atoms with Crippen LogP contribution in [0.3, 0.4) is 0 Å². The van der Waals surface area contributed by atoms with E-state index in [-0.39, 0.29) is 10.2 Å². The Morgan fingerprint density at radius 2 is 2.12 bits per heavy atom. The minimum absolute atomic E-state index is 0.0506. The van der Waals surface area contributed by atoms with Crippen LogP contribution < -0.4 is 10.5 Å². The summed E-state index contributed by atoms with van der Waals surface area (Å²) >= 11 is 2.96. The minimum atomic E-state index is -4.18. The van der Waals surface area contributed by atoms with Gasteiger partial charge in [0.2, 0.25) is 0 Å². The summed E-state index contributed by atoms with van der Waals surface area (Å²) in [4.78, 5) is 9.78. The number of halogens is 3. The van der Waals surface area contributed by atoms with Gasteiger partial charge in [-0.25, -0.2) is 12.8 Å². The average molecular weight is 347 g/mol. The van der Waals surface area contributed by atoms with Crippen molar-refractivity contribution < 1.29 is 22.3 Å². The van der Waals surface area contributed by atoms with Crippen molar-refractivity contribution in [2.24, 2.45) is 5.73 Å². The Hall–Kier alpha value is -0.860. The summed E-state index contributed by atoms with van der Waals surface area (Å²) in [6, 6.07) is 1.73. The van der Waals surface area contributed by atoms with Crippen molar-refractivity contribution in [3.8, 4) is 5.75 Å². The summed E-state index contributed by atoms with van der Waals surface area (Å²) in [6.07, 6.45) is 0. The first-order valence-electron chi connectivity index (χ1n) is 4.06. The van der Waals surface area contributed by atoms with Gasteiger partial charge in [0.1, 0.15) is 16.5 Å². The molecular weight excluding hydrogens is 341 g/mol. The van der Waals surface area contributed by atoms with Gasteiger partial charge in [-0.3, -0.25) is 4.79 Å². The van der Waals surface area contributed by atoms with Gasteiger partial charge in [0, 0.05) is 16.7 Å². The molecule has 17 heavy (non-hydrogen) atoms. The fourth-order valence-electron chi connectivity index (χ4n) is 0.957. The average Bonchev–Trinajstić information content (AvgIpc) is 2.17. The number of rotatable bonds is 4. The zero-order valence-electron chi connectivity index (χ0n) is 8.11. The SMILES string of the molecule is NC(=O)COc1cc(F)c(S(=O)(=O)Cl)cc1Br. The monoisotopic (exact) mass is 345 g/mol. The molecule has 1 aromatic rings. The first-order valence-corrected chi connectivity index (χ1v) is 7.17. The van der Waals surface area contributed by atoms with E-state index in [2.05, 4.69) is 15.9 Å². The fourth-order valence-corrected chi connectivity index (χ4v) is 2.47. The Labute approximate surface area is 109 Å². The molecule has 0 aliphatic rings. The van der Waals surface area contributed by atoms with Crippen molar-refractivity contribution in [3.05, 3.63) is 22.4 Å². The van der Waals surface area contributed by atoms with E-state index in [4.69, 9.17) is 21.2 Å². The first kappa shape index (κ1) is 14.2. The highest BCUT2D eigenvalue weighted by atomic mass is 79.9. The third-order valence-electron chi connectivity index (χ3n) is 1.62. The van der Waals surface area contributed by atoms with Crippen LogP contribution in [0.2, 0.25) is 0 Å². The first-order chi connectivity index (χ1) is 7.71. The summed E-state index contributed by atoms with van der Waals surface area (Å²) in [5.41, 5.74) is 4.84. The number of nitrogens with two attached hydrogens (primary N) is 1. The lowest BCUT2D eigenvalue weighted by Gasteiger charge is -2.08. The summed E-state index contributed by atoms with van der Waals surface area (Å²) < 4.78 is 40.3. The number of carbonyl (C=O) groups is 1. The number of primary amides is 1. The van der Waals surface area contributed by atoms with Crippen LogP contribution in [-0.4, -0.2) is 20.9 Å². The van der Waals surface area contributed by atoms with E-state index < -0.39 is 32.3 Å². The van der Waals surface area contributed by atoms with Gasteiger partial charge in [0.25, 0.3) is 15.0 Å². The maximum absolute atomic E-state index is 13.4. The molecule has 0 unspecified atom stereocenters. The Kier molecular flexibility index (Phi) is 4.34. The van der Waals surface area contributed by atoms with Crippen molar-refractivity contribution >= 4 is 41.6 Å². The predicted molar refractivity (Wildman–Crippen MR) is 61.8 cm³/mol. The van der Waals surface area contributed by atoms with Gasteiger partial charge >= 0.3 is 0 Å². The smallest absolute Gasteiger partial charge is 0.264 e. The molecule has 0 spiro atoms. The van der Waals surface area contributed by atoms with E-state index in [9.17, 15) is 17.6 Å². The Bertz CT molecular complexity index is 563. The standard InChI is InChI=1S/C8H6BrClFNO4S/c9-4-1-7(17(10,14)15)5(11)2-6(4)16-3-8(12)13/h1-2H,3H2,(H2,12,13). The van der Waals surface area contributed by atoms with E-state index >= 15 is 0 Å². The lowest BCUT2D eigenvalue weighted by atomic mass is 10.3. The molecule has 9 heteroatoms. The molecule has 2 N–H and O–H groups in total. The van der Waals surface area contributed by atoms with Gasteiger partial charge in [-0.15, -0.1) is 0 Å². The molecule has 1 amide bonds. The summed E-state index contributed by atoms with van der Waals surface area (Å²) in [5, 5.41) is 0. The van der Waals surface area contributed by atoms with Crippen LogP contribution >= 0.6 is 26.6 Å². The van der Waals surface area contributed by atoms with Crippen LogP contribution in [-0.2, 0) is 13.8 Å². The molecule has 94 valence electrons. The highest BCUT2D eigenvalue weighted by molar-refractivity contribution is 9.10. The maximum atomic E-state index is 13.4. The Morgan fingerprint density at radius 1 is 1.53 bits per heavy atom. The number of carbonyl (C=O) groups excluding carboxylic acids is 1. The third-order valence-corrected chi connectivity index (χ3v) is 3.58. The van der Waals surface area contributed by atoms with Crippen molar-refractivity contribution in [2.75, 3.05) is 6.61 Å². The molecule has 1 rings (SSSR count). The number of ether oxygens (including phenoxy) is 1. The van der Waals surface area contributed by atoms with E-state index in [1.807, 2.05) is 0 Å². The second-order valence-corrected chi connectivity index (χ2v) is 6.29. The van der Waals surface area contributed by atoms with Crippen molar-refractivity contribution in [1.82, 2.24) is 0 Å². The zero-order valence-corrected chi connectivity index (χ0v) is 11.3. The molecule has 0 saturated carbocycles. The third kappa shape index (κ3) is 3.83. The van der Waals surface area contributed by atoms with Crippen LogP contribution in [0, 0.1) is 5.82 Å². The van der Waals surface area contributed by atoms with Crippen LogP contribution in [0.1, 0.15) is 0 Å². The summed E-state index contributed by atoms with van der Waals surface area (Å²) in [6.45, 7) is -0.453. The second-order valence-electron chi connectivity index (χ2n) is 2.91. The predicted octanol–water partition coefficient (Wildman–Crippen LogP) is 1.38. The normalized spacial score (nSPS) is 11.2. The molecule has 1 aromatic carbocycles. The molecule has 0 saturated heterocycles. The molecule has 5 nitrogen and oxygen atoms in total. The molecule has 0 radical (unpaired) electrons. The van der Waals surface area contributed by atoms with Gasteiger partial charge in [-0.1, -0.05) is 0 Å². The topological polar surface area (TPSA) is 86.5 Å². The summed E-state index contributed by atoms with van der Waals surface area (Å²) in [7, 11) is 0.828. The van der Waals surface area contributed by atoms with Crippen LogP contribution in [0.5, 0.6) is 5.75 Å². The number of amides is 1. The Balaban J connectivity index is 3.14. The van der Waals surface area contributed by atoms with Crippen LogP contribution in [0.4, 0.5) is 4.39 Å². The molecule has 0 aliphatic carbocycles. The van der Waals surface area contributed by atoms with Crippen LogP contribution in [0.25, 0.3) is 0 Å². The molecule has 0 aliphatic heterocycles. The fraction of sp³-hybridized carbons (Fsp3) is 0.125. The lowest BCUT2D eigenvalue weighted by molar-refractivity contribution is -0.119. The van der Waals surface area contributed by atoms with Crippen molar-refractivity contribution in [3.63, 3.8) is 0 Å². The highest BCUT2D eigenvalue weighted by Gasteiger charge is 2.19. The number of hydrogen-bond donors (Lipinski definition) is 1. The van der Waals surface area contributed by atoms with E-state index in [0.717, 1.165) is 12.1 Å². The molecule has 0 bridgehead atoms. The summed E-state index contributed by atoms with van der Waals surface area (Å²) in [5.74, 6) is -1.88. The Morgan fingerprint density at radius 3 is 2.59 bits per heavy atom. The van der Waals surface area contributed by atoms with E-state index in [1.165, 1.54) is 0 Å². The molecular formula is C8H6BrClFNO4S. The van der Waals surface area contributed by atoms with Gasteiger partial charge in [0.15, 0.2) is 6.61 Å². The second kappa shape index (κ2) is 5.19. The quantitative estimate of drug-likeness (QED) is 0.835. The zero-order chi connectivity index (χ0) is 13.2. The number of benzene rings is 1. The number of hydrogen-bond acceptors (Lipinski definition) is 4. The van der Waals surface area contributed by atoms with Gasteiger partial charge < -0.3 is 10.5 Å². The molecule has 0 heterocycles. The molecule has 0 atom stereocenters. The van der Waals surface area contributed by atoms with Gasteiger partial charge in [-0.2, -0.15) is 0 Å². The minimum Gasteiger partial charge on any atom is -0.482 e. The van der Waals surface area contributed by atoms with E-state index in [1.54, 1.807) is 0 Å². The largest absolute Gasteiger partial charge is 0.482 e. The lowest BCUT2D eigenvalue weighted by Crippen LogP contribution is -2.20.